The number of hydrogen-bond donors (Lipinski definition) is 0. The minimum absolute atomic E-state index is 0.654. The SMILES string of the molecule is N#Cc1ccc(OCCSc2ccccc2)cc1. The zero-order valence-electron chi connectivity index (χ0n) is 9.87. The lowest BCUT2D eigenvalue weighted by atomic mass is 10.2. The Morgan fingerprint density at radius 3 is 2.39 bits per heavy atom. The first kappa shape index (κ1) is 12.5. The van der Waals surface area contributed by atoms with Crippen LogP contribution < -0.4 is 4.74 Å². The molecule has 0 bridgehead atoms. The van der Waals surface area contributed by atoms with E-state index < -0.39 is 0 Å². The van der Waals surface area contributed by atoms with Gasteiger partial charge in [-0.25, -0.2) is 0 Å². The third-order valence-corrected chi connectivity index (χ3v) is 3.32. The molecule has 0 aromatic heterocycles. The van der Waals surface area contributed by atoms with Gasteiger partial charge in [-0.1, -0.05) is 18.2 Å². The van der Waals surface area contributed by atoms with Crippen molar-refractivity contribution in [2.45, 2.75) is 4.90 Å². The molecule has 90 valence electrons. The normalized spacial score (nSPS) is 9.72. The quantitative estimate of drug-likeness (QED) is 0.603. The molecule has 0 saturated heterocycles. The second-order valence-electron chi connectivity index (χ2n) is 3.65. The molecule has 0 unspecified atom stereocenters. The maximum absolute atomic E-state index is 8.67. The van der Waals surface area contributed by atoms with E-state index in [2.05, 4.69) is 18.2 Å². The number of rotatable bonds is 5. The molecule has 0 N–H and O–H groups in total. The van der Waals surface area contributed by atoms with Crippen molar-refractivity contribution in [3.05, 3.63) is 60.2 Å². The molecule has 0 heterocycles. The van der Waals surface area contributed by atoms with Crippen LogP contribution in [0.5, 0.6) is 5.75 Å². The summed E-state index contributed by atoms with van der Waals surface area (Å²) in [6.07, 6.45) is 0. The average molecular weight is 255 g/mol. The first-order valence-electron chi connectivity index (χ1n) is 5.69. The molecule has 0 saturated carbocycles. The number of thioether (sulfide) groups is 1. The van der Waals surface area contributed by atoms with Crippen molar-refractivity contribution < 1.29 is 4.74 Å². The second-order valence-corrected chi connectivity index (χ2v) is 4.81. The average Bonchev–Trinajstić information content (AvgIpc) is 2.45. The monoisotopic (exact) mass is 255 g/mol. The van der Waals surface area contributed by atoms with Crippen molar-refractivity contribution >= 4 is 11.8 Å². The van der Waals surface area contributed by atoms with Gasteiger partial charge in [0, 0.05) is 10.6 Å². The van der Waals surface area contributed by atoms with Crippen LogP contribution in [-0.4, -0.2) is 12.4 Å². The first-order valence-corrected chi connectivity index (χ1v) is 6.68. The van der Waals surface area contributed by atoms with Gasteiger partial charge in [0.05, 0.1) is 18.2 Å². The Morgan fingerprint density at radius 2 is 1.72 bits per heavy atom. The van der Waals surface area contributed by atoms with Gasteiger partial charge in [-0.3, -0.25) is 0 Å². The summed E-state index contributed by atoms with van der Waals surface area (Å²) in [5, 5.41) is 8.67. The minimum atomic E-state index is 0.654. The topological polar surface area (TPSA) is 33.0 Å². The van der Waals surface area contributed by atoms with Crippen LogP contribution in [0.25, 0.3) is 0 Å². The molecule has 2 aromatic rings. The van der Waals surface area contributed by atoms with Gasteiger partial charge >= 0.3 is 0 Å². The molecule has 0 atom stereocenters. The van der Waals surface area contributed by atoms with E-state index in [4.69, 9.17) is 10.00 Å². The summed E-state index contributed by atoms with van der Waals surface area (Å²) in [6.45, 7) is 0.658. The van der Waals surface area contributed by atoms with E-state index in [1.807, 2.05) is 30.3 Å². The molecule has 0 radical (unpaired) electrons. The van der Waals surface area contributed by atoms with Crippen LogP contribution >= 0.6 is 11.8 Å². The van der Waals surface area contributed by atoms with Crippen molar-refractivity contribution in [3.63, 3.8) is 0 Å². The fourth-order valence-corrected chi connectivity index (χ4v) is 2.21. The molecule has 0 amide bonds. The van der Waals surface area contributed by atoms with Crippen LogP contribution in [0.15, 0.2) is 59.5 Å². The van der Waals surface area contributed by atoms with Crippen LogP contribution in [0.4, 0.5) is 0 Å². The zero-order chi connectivity index (χ0) is 12.6. The Bertz CT molecular complexity index is 516. The van der Waals surface area contributed by atoms with Gasteiger partial charge in [0.1, 0.15) is 5.75 Å². The standard InChI is InChI=1S/C15H13NOS/c16-12-13-6-8-14(9-7-13)17-10-11-18-15-4-2-1-3-5-15/h1-9H,10-11H2. The number of benzene rings is 2. The third-order valence-electron chi connectivity index (χ3n) is 2.35. The predicted octanol–water partition coefficient (Wildman–Crippen LogP) is 3.73. The Labute approximate surface area is 111 Å². The first-order chi connectivity index (χ1) is 8.88. The maximum Gasteiger partial charge on any atom is 0.119 e. The number of hydrogen-bond acceptors (Lipinski definition) is 3. The van der Waals surface area contributed by atoms with Gasteiger partial charge in [0.15, 0.2) is 0 Å². The van der Waals surface area contributed by atoms with Gasteiger partial charge in [-0.15, -0.1) is 11.8 Å². The van der Waals surface area contributed by atoms with Crippen molar-refractivity contribution in [1.29, 1.82) is 5.26 Å². The molecule has 18 heavy (non-hydrogen) atoms. The highest BCUT2D eigenvalue weighted by Crippen LogP contribution is 2.17. The second kappa shape index (κ2) is 6.73. The number of nitriles is 1. The van der Waals surface area contributed by atoms with Crippen molar-refractivity contribution in [2.24, 2.45) is 0 Å². The highest BCUT2D eigenvalue weighted by atomic mass is 32.2. The molecule has 0 fully saturated rings. The molecule has 2 aromatic carbocycles. The third kappa shape index (κ3) is 3.83. The van der Waals surface area contributed by atoms with Gasteiger partial charge in [0.2, 0.25) is 0 Å². The Kier molecular flexibility index (Phi) is 4.68. The molecule has 2 nitrogen and oxygen atoms in total. The van der Waals surface area contributed by atoms with Gasteiger partial charge in [0.25, 0.3) is 0 Å². The summed E-state index contributed by atoms with van der Waals surface area (Å²) < 4.78 is 5.60. The number of ether oxygens (including phenoxy) is 1. The summed E-state index contributed by atoms with van der Waals surface area (Å²) in [5.41, 5.74) is 0.654. The van der Waals surface area contributed by atoms with E-state index in [9.17, 15) is 0 Å². The lowest BCUT2D eigenvalue weighted by Gasteiger charge is -2.05. The fraction of sp³-hybridized carbons (Fsp3) is 0.133. The van der Waals surface area contributed by atoms with E-state index in [-0.39, 0.29) is 0 Å². The minimum Gasteiger partial charge on any atom is -0.493 e. The largest absolute Gasteiger partial charge is 0.493 e. The van der Waals surface area contributed by atoms with Gasteiger partial charge in [-0.05, 0) is 36.4 Å². The van der Waals surface area contributed by atoms with Gasteiger partial charge < -0.3 is 4.74 Å². The fourth-order valence-electron chi connectivity index (χ4n) is 1.46. The summed E-state index contributed by atoms with van der Waals surface area (Å²) in [5.74, 6) is 1.71. The van der Waals surface area contributed by atoms with Crippen molar-refractivity contribution in [2.75, 3.05) is 12.4 Å². The van der Waals surface area contributed by atoms with Crippen LogP contribution in [0.1, 0.15) is 5.56 Å². The lowest BCUT2D eigenvalue weighted by molar-refractivity contribution is 0.344. The van der Waals surface area contributed by atoms with E-state index in [0.717, 1.165) is 11.5 Å². The summed E-state index contributed by atoms with van der Waals surface area (Å²) in [6, 6.07) is 19.5. The zero-order valence-corrected chi connectivity index (χ0v) is 10.7. The van der Waals surface area contributed by atoms with E-state index in [1.165, 1.54) is 4.90 Å². The van der Waals surface area contributed by atoms with Crippen molar-refractivity contribution in [1.82, 2.24) is 0 Å². The summed E-state index contributed by atoms with van der Waals surface area (Å²) in [4.78, 5) is 1.25. The molecule has 3 heteroatoms. The van der Waals surface area contributed by atoms with Gasteiger partial charge in [-0.2, -0.15) is 5.26 Å². The summed E-state index contributed by atoms with van der Waals surface area (Å²) in [7, 11) is 0. The van der Waals surface area contributed by atoms with Crippen LogP contribution in [0.2, 0.25) is 0 Å². The molecule has 0 aliphatic rings. The molecule has 0 aliphatic heterocycles. The van der Waals surface area contributed by atoms with Crippen molar-refractivity contribution in [3.8, 4) is 11.8 Å². The predicted molar refractivity (Wildman–Crippen MR) is 73.8 cm³/mol. The molecule has 0 aliphatic carbocycles. The van der Waals surface area contributed by atoms with Crippen LogP contribution in [0.3, 0.4) is 0 Å². The van der Waals surface area contributed by atoms with Crippen LogP contribution in [-0.2, 0) is 0 Å². The Morgan fingerprint density at radius 1 is 1.00 bits per heavy atom. The summed E-state index contributed by atoms with van der Waals surface area (Å²) >= 11 is 1.77. The Hall–Kier alpha value is -1.92. The molecular weight excluding hydrogens is 242 g/mol. The Balaban J connectivity index is 1.74. The highest BCUT2D eigenvalue weighted by molar-refractivity contribution is 7.99. The highest BCUT2D eigenvalue weighted by Gasteiger charge is 1.96. The number of nitrogens with zero attached hydrogens (tertiary/aromatic N) is 1. The van der Waals surface area contributed by atoms with Crippen LogP contribution in [0, 0.1) is 11.3 Å². The maximum atomic E-state index is 8.67. The molecule has 0 spiro atoms. The van der Waals surface area contributed by atoms with E-state index in [0.29, 0.717) is 12.2 Å². The lowest BCUT2D eigenvalue weighted by Crippen LogP contribution is -1.99. The molecule has 2 rings (SSSR count). The van der Waals surface area contributed by atoms with E-state index >= 15 is 0 Å². The smallest absolute Gasteiger partial charge is 0.119 e. The van der Waals surface area contributed by atoms with E-state index in [1.54, 1.807) is 23.9 Å². The molecular formula is C15H13NOS.